The van der Waals surface area contributed by atoms with Crippen LogP contribution in [0.3, 0.4) is 0 Å². The Morgan fingerprint density at radius 1 is 0.821 bits per heavy atom. The molecule has 0 aliphatic carbocycles. The Kier molecular flexibility index (Phi) is 6.01. The van der Waals surface area contributed by atoms with Crippen LogP contribution in [0.25, 0.3) is 0 Å². The van der Waals surface area contributed by atoms with Gasteiger partial charge >= 0.3 is 5.97 Å². The van der Waals surface area contributed by atoms with E-state index in [-0.39, 0.29) is 22.3 Å². The van der Waals surface area contributed by atoms with Gasteiger partial charge in [0.1, 0.15) is 23.1 Å². The van der Waals surface area contributed by atoms with Gasteiger partial charge in [0.25, 0.3) is 0 Å². The molecule has 0 unspecified atom stereocenters. The Morgan fingerprint density at radius 3 is 2.00 bits per heavy atom. The van der Waals surface area contributed by atoms with E-state index in [1.807, 2.05) is 0 Å². The number of esters is 1. The van der Waals surface area contributed by atoms with E-state index in [1.54, 1.807) is 0 Å². The van der Waals surface area contributed by atoms with Crippen LogP contribution in [-0.2, 0) is 4.79 Å². The number of rotatable bonds is 6. The minimum absolute atomic E-state index is 0.0384. The van der Waals surface area contributed by atoms with Crippen LogP contribution in [0.4, 0.5) is 8.78 Å². The van der Waals surface area contributed by atoms with Crippen LogP contribution < -0.4 is 9.47 Å². The number of hydrogen-bond donors (Lipinski definition) is 0. The Balaban J connectivity index is 1.58. The van der Waals surface area contributed by atoms with Crippen molar-refractivity contribution in [1.29, 1.82) is 0 Å². The number of benzene rings is 3. The van der Waals surface area contributed by atoms with Crippen molar-refractivity contribution in [3.05, 3.63) is 94.5 Å². The van der Waals surface area contributed by atoms with E-state index in [0.717, 1.165) is 12.1 Å². The Hall–Kier alpha value is -3.25. The molecular weight excluding hydrogens is 390 g/mol. The van der Waals surface area contributed by atoms with Crippen molar-refractivity contribution in [1.82, 2.24) is 0 Å². The first kappa shape index (κ1) is 19.5. The maximum Gasteiger partial charge on any atom is 0.349 e. The Bertz CT molecular complexity index is 1000. The van der Waals surface area contributed by atoms with E-state index in [4.69, 9.17) is 21.1 Å². The molecule has 0 fully saturated rings. The minimum Gasteiger partial charge on any atom is -0.480 e. The molecule has 7 heteroatoms. The van der Waals surface area contributed by atoms with E-state index in [2.05, 4.69) is 0 Å². The van der Waals surface area contributed by atoms with Gasteiger partial charge in [0.05, 0.1) is 5.02 Å². The molecule has 0 aromatic heterocycles. The number of carbonyl (C=O) groups excluding carboxylic acids is 2. The second-order valence-corrected chi connectivity index (χ2v) is 6.11. The SMILES string of the molecule is O=C(COc1ccc(F)cc1Cl)Oc1ccc(C(=O)c2ccc(F)cc2)cc1. The summed E-state index contributed by atoms with van der Waals surface area (Å²) in [6, 6.07) is 14.6. The lowest BCUT2D eigenvalue weighted by atomic mass is 10.0. The van der Waals surface area contributed by atoms with E-state index in [9.17, 15) is 18.4 Å². The van der Waals surface area contributed by atoms with Gasteiger partial charge in [-0.05, 0) is 66.7 Å². The largest absolute Gasteiger partial charge is 0.480 e. The lowest BCUT2D eigenvalue weighted by molar-refractivity contribution is -0.136. The van der Waals surface area contributed by atoms with Crippen molar-refractivity contribution >= 4 is 23.4 Å². The molecule has 0 saturated heterocycles. The summed E-state index contributed by atoms with van der Waals surface area (Å²) in [5.74, 6) is -1.56. The van der Waals surface area contributed by atoms with E-state index in [0.29, 0.717) is 11.1 Å². The number of halogens is 3. The van der Waals surface area contributed by atoms with Gasteiger partial charge in [0, 0.05) is 11.1 Å². The van der Waals surface area contributed by atoms with Gasteiger partial charge in [-0.2, -0.15) is 0 Å². The lowest BCUT2D eigenvalue weighted by Gasteiger charge is -2.08. The van der Waals surface area contributed by atoms with Crippen LogP contribution >= 0.6 is 11.6 Å². The maximum atomic E-state index is 13.0. The van der Waals surface area contributed by atoms with Crippen molar-refractivity contribution in [2.75, 3.05) is 6.61 Å². The molecule has 0 spiro atoms. The third-order valence-electron chi connectivity index (χ3n) is 3.69. The predicted molar refractivity (Wildman–Crippen MR) is 98.8 cm³/mol. The first-order chi connectivity index (χ1) is 13.4. The van der Waals surface area contributed by atoms with Gasteiger partial charge in [0.2, 0.25) is 0 Å². The first-order valence-electron chi connectivity index (χ1n) is 8.11. The summed E-state index contributed by atoms with van der Waals surface area (Å²) in [5.41, 5.74) is 0.705. The van der Waals surface area contributed by atoms with Crippen molar-refractivity contribution < 1.29 is 27.8 Å². The molecule has 0 N–H and O–H groups in total. The molecule has 0 heterocycles. The summed E-state index contributed by atoms with van der Waals surface area (Å²) >= 11 is 5.81. The highest BCUT2D eigenvalue weighted by molar-refractivity contribution is 6.32. The monoisotopic (exact) mass is 402 g/mol. The summed E-state index contributed by atoms with van der Waals surface area (Å²) < 4.78 is 36.2. The number of ether oxygens (including phenoxy) is 2. The van der Waals surface area contributed by atoms with Crippen LogP contribution in [0.5, 0.6) is 11.5 Å². The maximum absolute atomic E-state index is 13.0. The number of ketones is 1. The second kappa shape index (κ2) is 8.63. The van der Waals surface area contributed by atoms with E-state index in [1.165, 1.54) is 54.6 Å². The van der Waals surface area contributed by atoms with Crippen molar-refractivity contribution in [2.45, 2.75) is 0 Å². The molecule has 142 valence electrons. The average molecular weight is 403 g/mol. The first-order valence-corrected chi connectivity index (χ1v) is 8.49. The van der Waals surface area contributed by atoms with E-state index < -0.39 is 24.2 Å². The molecule has 3 aromatic carbocycles. The van der Waals surface area contributed by atoms with Crippen LogP contribution in [0.15, 0.2) is 66.7 Å². The quantitative estimate of drug-likeness (QED) is 0.336. The standard InChI is InChI=1S/C21H13ClF2O4/c22-18-11-16(24)7-10-19(18)27-12-20(25)28-17-8-3-14(4-9-17)21(26)13-1-5-15(23)6-2-13/h1-11H,12H2. The van der Waals surface area contributed by atoms with Gasteiger partial charge in [-0.3, -0.25) is 4.79 Å². The molecule has 3 aromatic rings. The van der Waals surface area contributed by atoms with Gasteiger partial charge < -0.3 is 9.47 Å². The fourth-order valence-electron chi connectivity index (χ4n) is 2.33. The zero-order chi connectivity index (χ0) is 20.1. The Morgan fingerprint density at radius 2 is 1.39 bits per heavy atom. The molecule has 0 aliphatic rings. The van der Waals surface area contributed by atoms with Crippen LogP contribution in [0, 0.1) is 11.6 Å². The van der Waals surface area contributed by atoms with Gasteiger partial charge in [-0.1, -0.05) is 11.6 Å². The van der Waals surface area contributed by atoms with Crippen molar-refractivity contribution in [3.63, 3.8) is 0 Å². The zero-order valence-corrected chi connectivity index (χ0v) is 15.1. The third-order valence-corrected chi connectivity index (χ3v) is 3.99. The predicted octanol–water partition coefficient (Wildman–Crippen LogP) is 4.83. The summed E-state index contributed by atoms with van der Waals surface area (Å²) in [6.07, 6.45) is 0. The number of hydrogen-bond acceptors (Lipinski definition) is 4. The second-order valence-electron chi connectivity index (χ2n) is 5.70. The van der Waals surface area contributed by atoms with Gasteiger partial charge in [0.15, 0.2) is 12.4 Å². The third kappa shape index (κ3) is 4.92. The van der Waals surface area contributed by atoms with Gasteiger partial charge in [-0.25, -0.2) is 13.6 Å². The van der Waals surface area contributed by atoms with Gasteiger partial charge in [-0.15, -0.1) is 0 Å². The molecule has 0 saturated carbocycles. The van der Waals surface area contributed by atoms with Crippen molar-refractivity contribution in [2.24, 2.45) is 0 Å². The molecule has 0 bridgehead atoms. The molecule has 3 rings (SSSR count). The summed E-state index contributed by atoms with van der Waals surface area (Å²) in [4.78, 5) is 24.2. The molecule has 0 atom stereocenters. The molecule has 4 nitrogen and oxygen atoms in total. The molecule has 0 radical (unpaired) electrons. The minimum atomic E-state index is -0.696. The highest BCUT2D eigenvalue weighted by Gasteiger charge is 2.12. The summed E-state index contributed by atoms with van der Waals surface area (Å²) in [5, 5.41) is 0.0384. The fourth-order valence-corrected chi connectivity index (χ4v) is 2.55. The highest BCUT2D eigenvalue weighted by atomic mass is 35.5. The Labute approximate surface area is 164 Å². The van der Waals surface area contributed by atoms with E-state index >= 15 is 0 Å². The molecule has 0 amide bonds. The molecule has 0 aliphatic heterocycles. The topological polar surface area (TPSA) is 52.6 Å². The highest BCUT2D eigenvalue weighted by Crippen LogP contribution is 2.25. The lowest BCUT2D eigenvalue weighted by Crippen LogP contribution is -2.17. The average Bonchev–Trinajstić information content (AvgIpc) is 2.68. The van der Waals surface area contributed by atoms with Crippen LogP contribution in [0.2, 0.25) is 5.02 Å². The molecular formula is C21H13ClF2O4. The smallest absolute Gasteiger partial charge is 0.349 e. The van der Waals surface area contributed by atoms with Crippen LogP contribution in [-0.4, -0.2) is 18.4 Å². The summed E-state index contributed by atoms with van der Waals surface area (Å²) in [6.45, 7) is -0.429. The normalized spacial score (nSPS) is 10.4. The zero-order valence-electron chi connectivity index (χ0n) is 14.3. The van der Waals surface area contributed by atoms with Crippen LogP contribution in [0.1, 0.15) is 15.9 Å². The summed E-state index contributed by atoms with van der Waals surface area (Å²) in [7, 11) is 0. The van der Waals surface area contributed by atoms with Crippen molar-refractivity contribution in [3.8, 4) is 11.5 Å². The fraction of sp³-hybridized carbons (Fsp3) is 0.0476. The number of carbonyl (C=O) groups is 2. The molecule has 28 heavy (non-hydrogen) atoms.